The first-order valence-corrected chi connectivity index (χ1v) is 31.6. The minimum absolute atomic E-state index is 0.0411. The predicted octanol–water partition coefficient (Wildman–Crippen LogP) is 5.32. The van der Waals surface area contributed by atoms with Gasteiger partial charge >= 0.3 is 6.18 Å². The van der Waals surface area contributed by atoms with Gasteiger partial charge in [-0.3, -0.25) is 52.7 Å². The van der Waals surface area contributed by atoms with Crippen molar-refractivity contribution in [2.75, 3.05) is 68.5 Å². The molecule has 0 bridgehead atoms. The van der Waals surface area contributed by atoms with Gasteiger partial charge in [0.25, 0.3) is 0 Å². The highest BCUT2D eigenvalue weighted by atomic mass is 35.5. The molecule has 0 spiro atoms. The van der Waals surface area contributed by atoms with E-state index in [1.165, 1.54) is 89.9 Å². The van der Waals surface area contributed by atoms with E-state index in [2.05, 4.69) is 21.3 Å². The van der Waals surface area contributed by atoms with Gasteiger partial charge in [0.15, 0.2) is 0 Å². The number of hydrogen-bond acceptors (Lipinski definition) is 11. The van der Waals surface area contributed by atoms with Crippen LogP contribution in [0.15, 0.2) is 48.5 Å². The molecule has 2 aromatic rings. The lowest BCUT2D eigenvalue weighted by Gasteiger charge is -2.38. The van der Waals surface area contributed by atoms with Gasteiger partial charge in [0.2, 0.25) is 65.0 Å². The van der Waals surface area contributed by atoms with E-state index >= 15 is 0 Å². The summed E-state index contributed by atoms with van der Waals surface area (Å²) >= 11 is 6.21. The summed E-state index contributed by atoms with van der Waals surface area (Å²) in [6, 6.07) is 2.46. The summed E-state index contributed by atoms with van der Waals surface area (Å²) < 4.78 is 40.8. The van der Waals surface area contributed by atoms with E-state index in [0.29, 0.717) is 35.4 Å². The lowest BCUT2D eigenvalue weighted by atomic mass is 9.95. The van der Waals surface area contributed by atoms with Crippen LogP contribution in [0, 0.1) is 17.8 Å². The van der Waals surface area contributed by atoms with Gasteiger partial charge in [-0.2, -0.15) is 13.2 Å². The quantitative estimate of drug-likeness (QED) is 0.188. The second-order valence-corrected chi connectivity index (χ2v) is 26.1. The second-order valence-electron chi connectivity index (χ2n) is 25.7. The lowest BCUT2D eigenvalue weighted by Crippen LogP contribution is -2.63. The molecule has 0 unspecified atom stereocenters. The number of unbranched alkanes of at least 4 members (excludes halogenated alkanes) is 1. The molecule has 1 fully saturated rings. The molecule has 26 heteroatoms. The van der Waals surface area contributed by atoms with Crippen LogP contribution < -0.4 is 21.3 Å². The van der Waals surface area contributed by atoms with Crippen molar-refractivity contribution in [1.29, 1.82) is 0 Å². The number of likely N-dealkylation sites (N-methyl/N-ethyl adjacent to an activating group) is 6. The Kier molecular flexibility index (Phi) is 29.9. The Balaban J connectivity index is 2.23. The summed E-state index contributed by atoms with van der Waals surface area (Å²) in [5.74, 6) is -8.42. The zero-order valence-electron chi connectivity index (χ0n) is 56.2. The van der Waals surface area contributed by atoms with Gasteiger partial charge in [-0.1, -0.05) is 97.2 Å². The number of amides is 11. The van der Waals surface area contributed by atoms with Crippen LogP contribution in [0.1, 0.15) is 138 Å². The van der Waals surface area contributed by atoms with Gasteiger partial charge in [-0.05, 0) is 113 Å². The van der Waals surface area contributed by atoms with E-state index in [1.54, 1.807) is 52.0 Å². The number of nitrogens with one attached hydrogen (secondary N) is 4. The smallest absolute Gasteiger partial charge is 0.351 e. The molecule has 1 aliphatic rings. The number of halogens is 4. The highest BCUT2D eigenvalue weighted by molar-refractivity contribution is 6.30. The van der Waals surface area contributed by atoms with Crippen LogP contribution in [0.4, 0.5) is 13.2 Å². The molecule has 11 amide bonds. The maximum absolute atomic E-state index is 14.9. The topological polar surface area (TPSA) is 259 Å². The van der Waals surface area contributed by atoms with Crippen LogP contribution in [0.25, 0.3) is 0 Å². The van der Waals surface area contributed by atoms with Crippen LogP contribution in [0.2, 0.25) is 5.02 Å². The number of benzene rings is 2. The molecule has 508 valence electrons. The fourth-order valence-electron chi connectivity index (χ4n) is 10.5. The van der Waals surface area contributed by atoms with Crippen LogP contribution in [-0.2, 0) is 71.8 Å². The van der Waals surface area contributed by atoms with E-state index in [0.717, 1.165) is 31.7 Å². The Morgan fingerprint density at radius 3 is 1.70 bits per heavy atom. The van der Waals surface area contributed by atoms with E-state index in [1.807, 2.05) is 27.7 Å². The Morgan fingerprint density at radius 2 is 1.16 bits per heavy atom. The second kappa shape index (κ2) is 34.9. The zero-order valence-corrected chi connectivity index (χ0v) is 57.0. The summed E-state index contributed by atoms with van der Waals surface area (Å²) in [6.07, 6.45) is -3.52. The molecule has 3 rings (SSSR count). The Hall–Kier alpha value is -7.31. The molecule has 0 radical (unpaired) electrons. The van der Waals surface area contributed by atoms with Gasteiger partial charge in [-0.25, -0.2) is 0 Å². The minimum atomic E-state index is -4.63. The average molecular weight is 1300 g/mol. The molecule has 4 N–H and O–H groups in total. The summed E-state index contributed by atoms with van der Waals surface area (Å²) in [5, 5.41) is 11.5. The van der Waals surface area contributed by atoms with Gasteiger partial charge in [0.05, 0.1) is 25.2 Å². The number of carbonyl (C=O) groups excluding carboxylic acids is 11. The number of aryl methyl sites for hydroxylation is 1. The Morgan fingerprint density at radius 1 is 0.604 bits per heavy atom. The fourth-order valence-corrected chi connectivity index (χ4v) is 10.6. The molecule has 91 heavy (non-hydrogen) atoms. The standard InChI is InChI=1S/C65H99ClF3N11O11/c1-18-20-31-80-38-54(83)74(12)37-55(84)77(15)51(35-45-23-28-47(66)29-24-45)61(89)75(13)36-52(81)71-48(30-25-44-21-26-46(27-22-44)65(67,68)69)60(88)78(16)50(33-40(5)6)59(87)73-64(10,11)63(91)79(17)49(32-39(3)4)58(86)70-42(8)34-53(82)76(14)43(9)57(85)72-56(62(80)90)41(7)19-2/h21-24,26-29,39-43,48-51,56H,18-20,25,30-38H2,1-17H3,(H,70,86)(H,71,81)(H,72,85)(H,73,87)/t41-,42+,43-,48-,49-,50-,51-,56-/m0/s1. The van der Waals surface area contributed by atoms with Crippen molar-refractivity contribution < 1.29 is 65.9 Å². The first kappa shape index (κ1) is 77.9. The number of nitrogens with zero attached hydrogens (tertiary/aromatic N) is 7. The maximum atomic E-state index is 14.9. The Labute approximate surface area is 540 Å². The molecule has 8 atom stereocenters. The summed E-state index contributed by atoms with van der Waals surface area (Å²) in [7, 11) is 8.19. The molecule has 0 aliphatic carbocycles. The lowest BCUT2D eigenvalue weighted by molar-refractivity contribution is -0.149. The molecule has 1 saturated heterocycles. The number of rotatable bonds is 14. The third kappa shape index (κ3) is 23.1. The van der Waals surface area contributed by atoms with Crippen molar-refractivity contribution in [3.05, 3.63) is 70.2 Å². The van der Waals surface area contributed by atoms with Crippen molar-refractivity contribution >= 4 is 76.6 Å². The molecular weight excluding hydrogens is 1200 g/mol. The van der Waals surface area contributed by atoms with Crippen LogP contribution in [0.5, 0.6) is 0 Å². The number of alkyl halides is 3. The van der Waals surface area contributed by atoms with Gasteiger partial charge in [0, 0.05) is 72.7 Å². The SMILES string of the molecule is CCCCN1CC(=O)N(C)CC(=O)N(C)[C@@H](Cc2ccc(Cl)cc2)C(=O)N(C)CC(=O)N[C@@H](CCc2ccc(C(F)(F)F)cc2)C(=O)N(C)[C@@H](CC(C)C)C(=O)NC(C)(C)C(=O)N(C)[C@@H](CC(C)C)C(=O)N[C@H](C)CC(=O)N(C)[C@@H](C)C(=O)N[C@@H]([C@@H](C)CC)C1=O. The molecule has 1 heterocycles. The van der Waals surface area contributed by atoms with Crippen LogP contribution in [0.3, 0.4) is 0 Å². The normalized spacial score (nSPS) is 23.6. The van der Waals surface area contributed by atoms with Crippen molar-refractivity contribution in [2.24, 2.45) is 17.8 Å². The van der Waals surface area contributed by atoms with E-state index < -0.39 is 150 Å². The highest BCUT2D eigenvalue weighted by Gasteiger charge is 2.42. The van der Waals surface area contributed by atoms with Gasteiger partial charge < -0.3 is 55.6 Å². The van der Waals surface area contributed by atoms with Crippen molar-refractivity contribution in [3.8, 4) is 0 Å². The van der Waals surface area contributed by atoms with Gasteiger partial charge in [0.1, 0.15) is 41.8 Å². The first-order chi connectivity index (χ1) is 42.3. The predicted molar refractivity (Wildman–Crippen MR) is 340 cm³/mol. The van der Waals surface area contributed by atoms with E-state index in [4.69, 9.17) is 11.6 Å². The molecule has 0 saturated carbocycles. The molecular formula is C65H99ClF3N11O11. The summed E-state index contributed by atoms with van der Waals surface area (Å²) in [6.45, 7) is 17.1. The Bertz CT molecular complexity index is 2860. The molecule has 0 aromatic heterocycles. The van der Waals surface area contributed by atoms with Crippen LogP contribution >= 0.6 is 11.6 Å². The first-order valence-electron chi connectivity index (χ1n) is 31.2. The van der Waals surface area contributed by atoms with Crippen LogP contribution in [-0.4, -0.2) is 216 Å². The number of hydrogen-bond donors (Lipinski definition) is 4. The van der Waals surface area contributed by atoms with E-state index in [9.17, 15) is 65.9 Å². The van der Waals surface area contributed by atoms with Crippen molar-refractivity contribution in [2.45, 2.75) is 188 Å². The zero-order chi connectivity index (χ0) is 69.2. The minimum Gasteiger partial charge on any atom is -0.351 e. The molecule has 1 aliphatic heterocycles. The fraction of sp³-hybridized carbons (Fsp3) is 0.646. The third-order valence-electron chi connectivity index (χ3n) is 16.7. The number of carbonyl (C=O) groups is 11. The van der Waals surface area contributed by atoms with Gasteiger partial charge in [-0.15, -0.1) is 0 Å². The average Bonchev–Trinajstić information content (AvgIpc) is 3.38. The van der Waals surface area contributed by atoms with Crippen molar-refractivity contribution in [1.82, 2.24) is 55.6 Å². The van der Waals surface area contributed by atoms with E-state index in [-0.39, 0.29) is 56.9 Å². The monoisotopic (exact) mass is 1300 g/mol. The largest absolute Gasteiger partial charge is 0.416 e. The summed E-state index contributed by atoms with van der Waals surface area (Å²) in [5.41, 5.74) is -1.69. The maximum Gasteiger partial charge on any atom is 0.416 e. The highest BCUT2D eigenvalue weighted by Crippen LogP contribution is 2.30. The summed E-state index contributed by atoms with van der Waals surface area (Å²) in [4.78, 5) is 167. The molecule has 22 nitrogen and oxygen atoms in total. The van der Waals surface area contributed by atoms with Crippen molar-refractivity contribution in [3.63, 3.8) is 0 Å². The third-order valence-corrected chi connectivity index (χ3v) is 16.9. The molecule has 2 aromatic carbocycles.